The monoisotopic (exact) mass is 413 g/mol. The first-order valence-electron chi connectivity index (χ1n) is 8.55. The van der Waals surface area contributed by atoms with Crippen LogP contribution >= 0.6 is 11.8 Å². The average Bonchev–Trinajstić information content (AvgIpc) is 3.26. The molecule has 1 atom stereocenters. The number of hydrogen-bond donors (Lipinski definition) is 2. The van der Waals surface area contributed by atoms with Gasteiger partial charge in [-0.05, 0) is 12.1 Å². The molecule has 3 aromatic rings. The molecular weight excluding hydrogens is 398 g/mol. The Kier molecular flexibility index (Phi) is 4.80. The van der Waals surface area contributed by atoms with Gasteiger partial charge in [-0.25, -0.2) is 5.01 Å². The van der Waals surface area contributed by atoms with Gasteiger partial charge in [0.25, 0.3) is 17.5 Å². The summed E-state index contributed by atoms with van der Waals surface area (Å²) in [5, 5.41) is 26.3. The number of hydrazine groups is 1. The number of fused-ring (bicyclic) bond motifs is 1. The number of nitrogens with one attached hydrogen (secondary N) is 1. The Morgan fingerprint density at radius 2 is 2.14 bits per heavy atom. The van der Waals surface area contributed by atoms with E-state index in [1.54, 1.807) is 18.2 Å². The molecule has 2 amide bonds. The highest BCUT2D eigenvalue weighted by Crippen LogP contribution is 2.40. The quantitative estimate of drug-likeness (QED) is 0.483. The lowest BCUT2D eigenvalue weighted by molar-refractivity contribution is -0.384. The third-order valence-electron chi connectivity index (χ3n) is 4.45. The Morgan fingerprint density at radius 1 is 1.34 bits per heavy atom. The SMILES string of the molecule is O=C(Cn1ncc2cc([N+](=O)[O-])ccc21)NN1C(=O)CSC1c1ccccc1O. The minimum absolute atomic E-state index is 0.0404. The molecule has 0 spiro atoms. The summed E-state index contributed by atoms with van der Waals surface area (Å²) < 4.78 is 1.40. The number of phenolic OH excluding ortho intramolecular Hbond substituents is 1. The zero-order valence-corrected chi connectivity index (χ0v) is 15.7. The number of carbonyl (C=O) groups excluding carboxylic acids is 2. The fourth-order valence-corrected chi connectivity index (χ4v) is 4.23. The number of nitrogens with zero attached hydrogens (tertiary/aromatic N) is 4. The molecule has 1 aromatic heterocycles. The van der Waals surface area contributed by atoms with Crippen molar-refractivity contribution in [2.45, 2.75) is 11.9 Å². The Balaban J connectivity index is 1.52. The van der Waals surface area contributed by atoms with Crippen LogP contribution in [-0.2, 0) is 16.1 Å². The van der Waals surface area contributed by atoms with Crippen LogP contribution in [0, 0.1) is 10.1 Å². The molecule has 0 bridgehead atoms. The Morgan fingerprint density at radius 3 is 2.90 bits per heavy atom. The van der Waals surface area contributed by atoms with E-state index >= 15 is 0 Å². The van der Waals surface area contributed by atoms with Crippen molar-refractivity contribution in [3.8, 4) is 5.75 Å². The maximum absolute atomic E-state index is 12.5. The van der Waals surface area contributed by atoms with E-state index in [1.807, 2.05) is 0 Å². The van der Waals surface area contributed by atoms with Gasteiger partial charge in [0.1, 0.15) is 17.7 Å². The minimum atomic E-state index is -0.537. The number of phenols is 1. The lowest BCUT2D eigenvalue weighted by atomic mass is 10.2. The van der Waals surface area contributed by atoms with E-state index in [0.717, 1.165) is 0 Å². The van der Waals surface area contributed by atoms with Crippen molar-refractivity contribution in [3.63, 3.8) is 0 Å². The molecule has 1 fully saturated rings. The maximum Gasteiger partial charge on any atom is 0.270 e. The van der Waals surface area contributed by atoms with Gasteiger partial charge in [-0.2, -0.15) is 5.10 Å². The van der Waals surface area contributed by atoms with Crippen molar-refractivity contribution in [1.82, 2.24) is 20.2 Å². The van der Waals surface area contributed by atoms with Gasteiger partial charge in [-0.15, -0.1) is 11.8 Å². The molecule has 2 N–H and O–H groups in total. The van der Waals surface area contributed by atoms with Crippen LogP contribution in [0.5, 0.6) is 5.75 Å². The normalized spacial score (nSPS) is 16.3. The van der Waals surface area contributed by atoms with E-state index in [0.29, 0.717) is 16.5 Å². The van der Waals surface area contributed by atoms with Crippen molar-refractivity contribution in [2.24, 2.45) is 0 Å². The maximum atomic E-state index is 12.5. The number of nitro groups is 1. The van der Waals surface area contributed by atoms with E-state index in [1.165, 1.54) is 51.9 Å². The Hall–Kier alpha value is -3.60. The third kappa shape index (κ3) is 3.59. The molecule has 0 aliphatic carbocycles. The van der Waals surface area contributed by atoms with E-state index in [9.17, 15) is 24.8 Å². The summed E-state index contributed by atoms with van der Waals surface area (Å²) in [5.74, 6) is -0.547. The van der Waals surface area contributed by atoms with Crippen molar-refractivity contribution < 1.29 is 19.6 Å². The molecule has 1 aliphatic rings. The topological polar surface area (TPSA) is 131 Å². The highest BCUT2D eigenvalue weighted by atomic mass is 32.2. The number of rotatable bonds is 5. The minimum Gasteiger partial charge on any atom is -0.508 e. The predicted octanol–water partition coefficient (Wildman–Crippen LogP) is 1.96. The number of amides is 2. The average molecular weight is 413 g/mol. The van der Waals surface area contributed by atoms with Gasteiger partial charge in [0.05, 0.1) is 22.4 Å². The largest absolute Gasteiger partial charge is 0.508 e. The fourth-order valence-electron chi connectivity index (χ4n) is 3.09. The second-order valence-electron chi connectivity index (χ2n) is 6.32. The molecule has 148 valence electrons. The zero-order chi connectivity index (χ0) is 20.5. The van der Waals surface area contributed by atoms with E-state index < -0.39 is 16.2 Å². The number of benzene rings is 2. The summed E-state index contributed by atoms with van der Waals surface area (Å²) >= 11 is 1.30. The van der Waals surface area contributed by atoms with Crippen LogP contribution in [-0.4, -0.2) is 42.4 Å². The summed E-state index contributed by atoms with van der Waals surface area (Å²) in [6, 6.07) is 10.9. The first kappa shape index (κ1) is 18.7. The summed E-state index contributed by atoms with van der Waals surface area (Å²) in [5.41, 5.74) is 3.61. The smallest absolute Gasteiger partial charge is 0.270 e. The molecular formula is C18H15N5O5S. The van der Waals surface area contributed by atoms with Crippen molar-refractivity contribution in [3.05, 3.63) is 64.3 Å². The number of non-ortho nitro benzene ring substituents is 1. The van der Waals surface area contributed by atoms with Crippen LogP contribution in [0.4, 0.5) is 5.69 Å². The number of hydrogen-bond acceptors (Lipinski definition) is 7. The molecule has 4 rings (SSSR count). The summed E-state index contributed by atoms with van der Waals surface area (Å²) in [6.07, 6.45) is 1.44. The molecule has 0 saturated carbocycles. The number of thioether (sulfide) groups is 1. The van der Waals surface area contributed by atoms with Crippen molar-refractivity contribution >= 4 is 40.2 Å². The molecule has 10 nitrogen and oxygen atoms in total. The van der Waals surface area contributed by atoms with Crippen molar-refractivity contribution in [2.75, 3.05) is 5.75 Å². The Bertz CT molecular complexity index is 1130. The highest BCUT2D eigenvalue weighted by Gasteiger charge is 2.35. The van der Waals surface area contributed by atoms with Gasteiger partial charge in [-0.1, -0.05) is 18.2 Å². The van der Waals surface area contributed by atoms with Crippen LogP contribution in [0.2, 0.25) is 0 Å². The van der Waals surface area contributed by atoms with Crippen LogP contribution in [0.25, 0.3) is 10.9 Å². The molecule has 11 heteroatoms. The van der Waals surface area contributed by atoms with Crippen LogP contribution in [0.15, 0.2) is 48.7 Å². The summed E-state index contributed by atoms with van der Waals surface area (Å²) in [6.45, 7) is -0.177. The van der Waals surface area contributed by atoms with Crippen LogP contribution < -0.4 is 5.43 Å². The van der Waals surface area contributed by atoms with E-state index in [4.69, 9.17) is 0 Å². The van der Waals surface area contributed by atoms with Gasteiger partial charge >= 0.3 is 0 Å². The predicted molar refractivity (Wildman–Crippen MR) is 105 cm³/mol. The van der Waals surface area contributed by atoms with Gasteiger partial charge in [-0.3, -0.25) is 29.8 Å². The number of aromatic nitrogens is 2. The van der Waals surface area contributed by atoms with Gasteiger partial charge in [0.15, 0.2) is 0 Å². The first-order chi connectivity index (χ1) is 13.9. The lowest BCUT2D eigenvalue weighted by Crippen LogP contribution is -2.45. The number of nitro benzene ring substituents is 1. The van der Waals surface area contributed by atoms with Crippen LogP contribution in [0.1, 0.15) is 10.9 Å². The summed E-state index contributed by atoms with van der Waals surface area (Å²) in [4.78, 5) is 35.2. The fraction of sp³-hybridized carbons (Fsp3) is 0.167. The molecule has 29 heavy (non-hydrogen) atoms. The van der Waals surface area contributed by atoms with Crippen molar-refractivity contribution in [1.29, 1.82) is 0 Å². The van der Waals surface area contributed by atoms with E-state index in [-0.39, 0.29) is 29.6 Å². The molecule has 1 saturated heterocycles. The second kappa shape index (κ2) is 7.43. The molecule has 1 unspecified atom stereocenters. The van der Waals surface area contributed by atoms with Gasteiger partial charge in [0.2, 0.25) is 0 Å². The molecule has 2 aromatic carbocycles. The number of para-hydroxylation sites is 1. The van der Waals surface area contributed by atoms with E-state index in [2.05, 4.69) is 10.5 Å². The van der Waals surface area contributed by atoms with Gasteiger partial charge < -0.3 is 5.11 Å². The second-order valence-corrected chi connectivity index (χ2v) is 7.39. The number of aromatic hydroxyl groups is 1. The molecule has 0 radical (unpaired) electrons. The standard InChI is InChI=1S/C18H15N5O5S/c24-15-4-2-1-3-13(15)18-22(17(26)10-29-18)20-16(25)9-21-14-6-5-12(23(27)28)7-11(14)8-19-21/h1-8,18,24H,9-10H2,(H,20,25). The van der Waals surface area contributed by atoms with Crippen LogP contribution in [0.3, 0.4) is 0 Å². The Labute approximate surface area is 168 Å². The number of carbonyl (C=O) groups is 2. The lowest BCUT2D eigenvalue weighted by Gasteiger charge is -2.25. The third-order valence-corrected chi connectivity index (χ3v) is 5.64. The molecule has 1 aliphatic heterocycles. The highest BCUT2D eigenvalue weighted by molar-refractivity contribution is 8.00. The first-order valence-corrected chi connectivity index (χ1v) is 9.60. The van der Waals surface area contributed by atoms with Gasteiger partial charge in [0, 0.05) is 23.1 Å². The summed E-state index contributed by atoms with van der Waals surface area (Å²) in [7, 11) is 0. The zero-order valence-electron chi connectivity index (χ0n) is 14.9. The molecule has 2 heterocycles.